The van der Waals surface area contributed by atoms with Gasteiger partial charge in [-0.15, -0.1) is 0 Å². The van der Waals surface area contributed by atoms with E-state index in [-0.39, 0.29) is 23.6 Å². The summed E-state index contributed by atoms with van der Waals surface area (Å²) in [6, 6.07) is 5.30. The summed E-state index contributed by atoms with van der Waals surface area (Å²) in [5, 5.41) is 3.27. The molecule has 1 aromatic carbocycles. The number of ether oxygens (including phenoxy) is 2. The smallest absolute Gasteiger partial charge is 0.165 e. The highest BCUT2D eigenvalue weighted by atomic mass is 19.1. The fraction of sp³-hybridized carbons (Fsp3) is 0.647. The molecule has 0 aliphatic carbocycles. The van der Waals surface area contributed by atoms with Crippen LogP contribution in [0.25, 0.3) is 0 Å². The minimum Gasteiger partial charge on any atom is -0.488 e. The number of hydrogen-bond donors (Lipinski definition) is 1. The van der Waals surface area contributed by atoms with E-state index in [4.69, 9.17) is 9.47 Å². The minimum absolute atomic E-state index is 0.0553. The van der Waals surface area contributed by atoms with Gasteiger partial charge >= 0.3 is 0 Å². The number of rotatable bonds is 6. The highest BCUT2D eigenvalue weighted by Gasteiger charge is 2.32. The van der Waals surface area contributed by atoms with Crippen LogP contribution in [0.2, 0.25) is 0 Å². The lowest BCUT2D eigenvalue weighted by Crippen LogP contribution is -2.24. The lowest BCUT2D eigenvalue weighted by Gasteiger charge is -2.20. The second kappa shape index (κ2) is 6.75. The van der Waals surface area contributed by atoms with Crippen LogP contribution >= 0.6 is 0 Å². The summed E-state index contributed by atoms with van der Waals surface area (Å²) >= 11 is 0. The Kier molecular flexibility index (Phi) is 5.22. The third kappa shape index (κ3) is 4.42. The zero-order valence-corrected chi connectivity index (χ0v) is 13.4. The van der Waals surface area contributed by atoms with E-state index in [1.54, 1.807) is 12.1 Å². The van der Waals surface area contributed by atoms with E-state index in [2.05, 4.69) is 19.2 Å². The molecule has 118 valence electrons. The molecule has 1 aliphatic heterocycles. The van der Waals surface area contributed by atoms with Crippen molar-refractivity contribution in [1.82, 2.24) is 5.32 Å². The summed E-state index contributed by atoms with van der Waals surface area (Å²) < 4.78 is 25.5. The van der Waals surface area contributed by atoms with Crippen molar-refractivity contribution in [2.24, 2.45) is 0 Å². The maximum Gasteiger partial charge on any atom is 0.165 e. The second-order valence-corrected chi connectivity index (χ2v) is 6.32. The number of hydrogen-bond acceptors (Lipinski definition) is 3. The lowest BCUT2D eigenvalue weighted by atomic mass is 10.1. The van der Waals surface area contributed by atoms with Gasteiger partial charge in [-0.05, 0) is 57.9 Å². The average molecular weight is 295 g/mol. The van der Waals surface area contributed by atoms with Crippen LogP contribution in [0.4, 0.5) is 4.39 Å². The summed E-state index contributed by atoms with van der Waals surface area (Å²) in [6.45, 7) is 9.47. The molecule has 2 atom stereocenters. The number of nitrogens with one attached hydrogen (secondary N) is 1. The van der Waals surface area contributed by atoms with Crippen LogP contribution < -0.4 is 10.1 Å². The Bertz CT molecular complexity index is 476. The van der Waals surface area contributed by atoms with E-state index in [1.807, 2.05) is 19.9 Å². The van der Waals surface area contributed by atoms with Crippen molar-refractivity contribution in [3.63, 3.8) is 0 Å². The maximum absolute atomic E-state index is 14.1. The van der Waals surface area contributed by atoms with Gasteiger partial charge in [-0.25, -0.2) is 4.39 Å². The Labute approximate surface area is 126 Å². The van der Waals surface area contributed by atoms with Crippen molar-refractivity contribution in [1.29, 1.82) is 0 Å². The summed E-state index contributed by atoms with van der Waals surface area (Å²) in [5.74, 6) is -0.00901. The normalized spacial score (nSPS) is 22.2. The first-order chi connectivity index (χ1) is 9.91. The Morgan fingerprint density at radius 3 is 2.81 bits per heavy atom. The fourth-order valence-corrected chi connectivity index (χ4v) is 2.71. The molecule has 1 N–H and O–H groups in total. The van der Waals surface area contributed by atoms with E-state index in [1.165, 1.54) is 0 Å². The molecule has 1 saturated heterocycles. The second-order valence-electron chi connectivity index (χ2n) is 6.32. The lowest BCUT2D eigenvalue weighted by molar-refractivity contribution is -0.0330. The van der Waals surface area contributed by atoms with Crippen LogP contribution in [-0.4, -0.2) is 24.9 Å². The first-order valence-electron chi connectivity index (χ1n) is 7.75. The van der Waals surface area contributed by atoms with Gasteiger partial charge in [0.25, 0.3) is 0 Å². The van der Waals surface area contributed by atoms with Gasteiger partial charge in [0.05, 0.1) is 11.7 Å². The topological polar surface area (TPSA) is 30.5 Å². The van der Waals surface area contributed by atoms with Gasteiger partial charge in [-0.3, -0.25) is 0 Å². The third-order valence-corrected chi connectivity index (χ3v) is 3.95. The van der Waals surface area contributed by atoms with E-state index in [0.717, 1.165) is 24.9 Å². The Hall–Kier alpha value is -1.13. The molecule has 21 heavy (non-hydrogen) atoms. The molecule has 2 unspecified atom stereocenters. The van der Waals surface area contributed by atoms with E-state index < -0.39 is 0 Å². The van der Waals surface area contributed by atoms with Crippen LogP contribution in [0, 0.1) is 5.82 Å². The first kappa shape index (κ1) is 16.2. The number of halogens is 1. The zero-order chi connectivity index (χ0) is 15.5. The zero-order valence-electron chi connectivity index (χ0n) is 13.4. The summed E-state index contributed by atoms with van der Waals surface area (Å²) in [7, 11) is 0. The third-order valence-electron chi connectivity index (χ3n) is 3.95. The van der Waals surface area contributed by atoms with Gasteiger partial charge in [0.2, 0.25) is 0 Å². The molecule has 1 fully saturated rings. The Morgan fingerprint density at radius 1 is 1.48 bits per heavy atom. The van der Waals surface area contributed by atoms with Gasteiger partial charge in [-0.1, -0.05) is 13.0 Å². The van der Waals surface area contributed by atoms with Crippen molar-refractivity contribution < 1.29 is 13.9 Å². The average Bonchev–Trinajstić information content (AvgIpc) is 2.77. The molecule has 0 amide bonds. The summed E-state index contributed by atoms with van der Waals surface area (Å²) in [6.07, 6.45) is 2.03. The number of benzene rings is 1. The standard InChI is InChI=1S/C17H26FNO2/c1-5-19-12(2)13-6-7-16(15(18)10-13)20-11-14-8-9-17(3,4)21-14/h6-7,10,12,14,19H,5,8-9,11H2,1-4H3. The minimum atomic E-state index is -0.311. The molecule has 2 rings (SSSR count). The van der Waals surface area contributed by atoms with E-state index in [9.17, 15) is 4.39 Å². The first-order valence-corrected chi connectivity index (χ1v) is 7.75. The SMILES string of the molecule is CCNC(C)c1ccc(OCC2CCC(C)(C)O2)c(F)c1. The van der Waals surface area contributed by atoms with Crippen molar-refractivity contribution in [3.8, 4) is 5.75 Å². The molecule has 3 nitrogen and oxygen atoms in total. The molecule has 1 heterocycles. The highest BCUT2D eigenvalue weighted by Crippen LogP contribution is 2.30. The van der Waals surface area contributed by atoms with Crippen LogP contribution in [0.3, 0.4) is 0 Å². The summed E-state index contributed by atoms with van der Waals surface area (Å²) in [4.78, 5) is 0. The fourth-order valence-electron chi connectivity index (χ4n) is 2.71. The molecule has 0 saturated carbocycles. The van der Waals surface area contributed by atoms with Crippen LogP contribution in [0.5, 0.6) is 5.75 Å². The van der Waals surface area contributed by atoms with Gasteiger partial charge in [0, 0.05) is 6.04 Å². The van der Waals surface area contributed by atoms with Gasteiger partial charge < -0.3 is 14.8 Å². The van der Waals surface area contributed by atoms with Crippen molar-refractivity contribution >= 4 is 0 Å². The molecule has 0 bridgehead atoms. The Balaban J connectivity index is 1.92. The van der Waals surface area contributed by atoms with Gasteiger partial charge in [0.1, 0.15) is 6.61 Å². The molecular formula is C17H26FNO2. The van der Waals surface area contributed by atoms with Crippen molar-refractivity contribution in [2.75, 3.05) is 13.2 Å². The van der Waals surface area contributed by atoms with E-state index >= 15 is 0 Å². The van der Waals surface area contributed by atoms with E-state index in [0.29, 0.717) is 12.4 Å². The predicted octanol–water partition coefficient (Wildman–Crippen LogP) is 3.83. The monoisotopic (exact) mass is 295 g/mol. The Morgan fingerprint density at radius 2 is 2.24 bits per heavy atom. The molecule has 4 heteroatoms. The maximum atomic E-state index is 14.1. The molecule has 0 spiro atoms. The van der Waals surface area contributed by atoms with Crippen molar-refractivity contribution in [2.45, 2.75) is 58.3 Å². The van der Waals surface area contributed by atoms with Crippen molar-refractivity contribution in [3.05, 3.63) is 29.6 Å². The van der Waals surface area contributed by atoms with Gasteiger partial charge in [-0.2, -0.15) is 0 Å². The predicted molar refractivity (Wildman–Crippen MR) is 82.2 cm³/mol. The van der Waals surface area contributed by atoms with Crippen LogP contribution in [0.1, 0.15) is 52.1 Å². The quantitative estimate of drug-likeness (QED) is 0.865. The highest BCUT2D eigenvalue weighted by molar-refractivity contribution is 5.31. The molecule has 1 aromatic rings. The molecule has 1 aliphatic rings. The van der Waals surface area contributed by atoms with Gasteiger partial charge in [0.15, 0.2) is 11.6 Å². The summed E-state index contributed by atoms with van der Waals surface area (Å²) in [5.41, 5.74) is 0.845. The largest absolute Gasteiger partial charge is 0.488 e. The molecular weight excluding hydrogens is 269 g/mol. The molecule has 0 aromatic heterocycles. The van der Waals surface area contributed by atoms with Crippen LogP contribution in [-0.2, 0) is 4.74 Å². The molecule has 0 radical (unpaired) electrons. The van der Waals surface area contributed by atoms with Crippen LogP contribution in [0.15, 0.2) is 18.2 Å².